The number of hydrogen-bond acceptors (Lipinski definition) is 2. The van der Waals surface area contributed by atoms with Gasteiger partial charge in [0.05, 0.1) is 12.7 Å². The molecule has 2 rings (SSSR count). The Morgan fingerprint density at radius 2 is 1.37 bits per heavy atom. The first-order chi connectivity index (χ1) is 19.2. The Hall–Kier alpha value is -1.25. The maximum Gasteiger partial charge on any atom is 0.261 e. The van der Waals surface area contributed by atoms with E-state index in [1.165, 1.54) is 28.8 Å². The Morgan fingerprint density at radius 3 is 1.85 bits per heavy atom. The third kappa shape index (κ3) is 10.8. The summed E-state index contributed by atoms with van der Waals surface area (Å²) in [5, 5.41) is 3.92. The molecule has 0 amide bonds. The average Bonchev–Trinajstić information content (AvgIpc) is 2.91. The molecule has 2 nitrogen and oxygen atoms in total. The Labute approximate surface area is 263 Å². The van der Waals surface area contributed by atoms with Gasteiger partial charge in [-0.2, -0.15) is 0 Å². The smallest absolute Gasteiger partial charge is 0.261 e. The molecule has 1 atom stereocenters. The largest absolute Gasteiger partial charge is 0.413 e. The zero-order chi connectivity index (χ0) is 30.6. The number of alkyl halides is 1. The molecule has 5 heteroatoms. The zero-order valence-electron chi connectivity index (χ0n) is 27.4. The molecule has 41 heavy (non-hydrogen) atoms. The van der Waals surface area contributed by atoms with Gasteiger partial charge in [0.25, 0.3) is 8.32 Å². The minimum absolute atomic E-state index is 0.0231. The highest BCUT2D eigenvalue weighted by Gasteiger charge is 2.51. The number of benzene rings is 2. The second-order valence-electron chi connectivity index (χ2n) is 14.0. The van der Waals surface area contributed by atoms with Gasteiger partial charge in [0.2, 0.25) is 0 Å². The lowest BCUT2D eigenvalue weighted by atomic mass is 10.1. The van der Waals surface area contributed by atoms with Gasteiger partial charge >= 0.3 is 0 Å². The molecule has 0 saturated heterocycles. The molecule has 0 aromatic heterocycles. The highest BCUT2D eigenvalue weighted by molar-refractivity contribution is 9.09. The predicted molar refractivity (Wildman–Crippen MR) is 190 cm³/mol. The first-order valence-corrected chi connectivity index (χ1v) is 21.5. The molecule has 0 saturated carbocycles. The van der Waals surface area contributed by atoms with Crippen LogP contribution in [0.15, 0.2) is 84.5 Å². The highest BCUT2D eigenvalue weighted by Crippen LogP contribution is 2.38. The van der Waals surface area contributed by atoms with Gasteiger partial charge < -0.3 is 8.85 Å². The van der Waals surface area contributed by atoms with Crippen molar-refractivity contribution in [3.63, 3.8) is 0 Å². The number of rotatable bonds is 16. The number of unbranched alkanes of at least 4 members (excludes halogenated alkanes) is 2. The predicted octanol–water partition coefficient (Wildman–Crippen LogP) is 10.2. The van der Waals surface area contributed by atoms with E-state index in [2.05, 4.69) is 156 Å². The fourth-order valence-corrected chi connectivity index (χ4v) is 11.0. The average molecular weight is 658 g/mol. The summed E-state index contributed by atoms with van der Waals surface area (Å²) in [5.41, 5.74) is 1.44. The van der Waals surface area contributed by atoms with Crippen molar-refractivity contribution in [1.29, 1.82) is 0 Å². The Kier molecular flexibility index (Phi) is 14.5. The van der Waals surface area contributed by atoms with Gasteiger partial charge in [-0.05, 0) is 79.0 Å². The molecule has 2 aromatic rings. The van der Waals surface area contributed by atoms with Gasteiger partial charge in [0.15, 0.2) is 8.32 Å². The Balaban J connectivity index is 2.13. The minimum Gasteiger partial charge on any atom is -0.413 e. The Morgan fingerprint density at radius 1 is 0.805 bits per heavy atom. The number of allylic oxidation sites excluding steroid dienone is 2. The van der Waals surface area contributed by atoms with Crippen LogP contribution in [0.25, 0.3) is 0 Å². The van der Waals surface area contributed by atoms with Crippen molar-refractivity contribution in [2.24, 2.45) is 0 Å². The van der Waals surface area contributed by atoms with E-state index in [-0.39, 0.29) is 16.2 Å². The summed E-state index contributed by atoms with van der Waals surface area (Å²) in [7, 11) is -4.25. The van der Waals surface area contributed by atoms with E-state index < -0.39 is 16.6 Å². The molecule has 0 aliphatic carbocycles. The van der Waals surface area contributed by atoms with Gasteiger partial charge in [0, 0.05) is 5.33 Å². The van der Waals surface area contributed by atoms with Crippen LogP contribution < -0.4 is 10.4 Å². The molecule has 228 valence electrons. The zero-order valence-corrected chi connectivity index (χ0v) is 31.0. The summed E-state index contributed by atoms with van der Waals surface area (Å²) in [6.45, 7) is 21.6. The summed E-state index contributed by atoms with van der Waals surface area (Å²) in [6, 6.07) is 22.0. The highest BCUT2D eigenvalue weighted by atomic mass is 79.9. The molecule has 0 heterocycles. The van der Waals surface area contributed by atoms with E-state index in [1.807, 2.05) is 0 Å². The summed E-state index contributed by atoms with van der Waals surface area (Å²) in [6.07, 6.45) is 13.8. The maximum atomic E-state index is 7.49. The van der Waals surface area contributed by atoms with Crippen LogP contribution in [0.2, 0.25) is 23.2 Å². The SMILES string of the molecule is C/C(=C/C(CCCBr)O[Si](c1ccccc1)(c1ccccc1)C(C)(C)C)CCCC/C=C/CO[Si](C)(C)C(C)(C)C. The summed E-state index contributed by atoms with van der Waals surface area (Å²) in [5.74, 6) is 0. The van der Waals surface area contributed by atoms with Gasteiger partial charge in [-0.3, -0.25) is 0 Å². The first kappa shape index (κ1) is 35.9. The van der Waals surface area contributed by atoms with Crippen molar-refractivity contribution in [2.75, 3.05) is 11.9 Å². The summed E-state index contributed by atoms with van der Waals surface area (Å²) in [4.78, 5) is 0. The second-order valence-corrected chi connectivity index (χ2v) is 23.8. The van der Waals surface area contributed by atoms with Gasteiger partial charge in [-0.1, -0.05) is 142 Å². The van der Waals surface area contributed by atoms with E-state index in [1.54, 1.807) is 0 Å². The Bertz CT molecular complexity index is 1030. The maximum absolute atomic E-state index is 7.49. The van der Waals surface area contributed by atoms with Crippen molar-refractivity contribution in [3.8, 4) is 0 Å². The van der Waals surface area contributed by atoms with Crippen LogP contribution in [0.3, 0.4) is 0 Å². The fraction of sp³-hybridized carbons (Fsp3) is 0.556. The lowest BCUT2D eigenvalue weighted by Gasteiger charge is -2.45. The van der Waals surface area contributed by atoms with Gasteiger partial charge in [0.1, 0.15) is 0 Å². The first-order valence-electron chi connectivity index (χ1n) is 15.6. The van der Waals surface area contributed by atoms with E-state index in [9.17, 15) is 0 Å². The van der Waals surface area contributed by atoms with Crippen LogP contribution in [0, 0.1) is 0 Å². The van der Waals surface area contributed by atoms with E-state index in [0.29, 0.717) is 0 Å². The van der Waals surface area contributed by atoms with Gasteiger partial charge in [-0.15, -0.1) is 0 Å². The van der Waals surface area contributed by atoms with Crippen LogP contribution >= 0.6 is 15.9 Å². The molecular formula is C36H57BrO2Si2. The molecule has 1 unspecified atom stereocenters. The monoisotopic (exact) mass is 656 g/mol. The van der Waals surface area contributed by atoms with E-state index in [4.69, 9.17) is 8.85 Å². The molecule has 0 N–H and O–H groups in total. The van der Waals surface area contributed by atoms with Crippen LogP contribution in [0.4, 0.5) is 0 Å². The van der Waals surface area contributed by atoms with Crippen molar-refractivity contribution in [3.05, 3.63) is 84.5 Å². The summed E-state index contributed by atoms with van der Waals surface area (Å²) < 4.78 is 13.8. The lowest BCUT2D eigenvalue weighted by molar-refractivity contribution is 0.221. The van der Waals surface area contributed by atoms with Crippen molar-refractivity contribution >= 4 is 42.9 Å². The number of hydrogen-bond donors (Lipinski definition) is 0. The minimum atomic E-state index is -2.59. The molecule has 0 aliphatic rings. The molecule has 0 radical (unpaired) electrons. The molecule has 0 aliphatic heterocycles. The fourth-order valence-electron chi connectivity index (χ4n) is 5.10. The van der Waals surface area contributed by atoms with Crippen molar-refractivity contribution < 1.29 is 8.85 Å². The van der Waals surface area contributed by atoms with E-state index >= 15 is 0 Å². The molecule has 2 aromatic carbocycles. The number of halogens is 1. The normalized spacial score (nSPS) is 14.5. The van der Waals surface area contributed by atoms with Crippen molar-refractivity contribution in [2.45, 2.75) is 116 Å². The second kappa shape index (κ2) is 16.6. The molecule has 0 bridgehead atoms. The molecule has 0 spiro atoms. The lowest BCUT2D eigenvalue weighted by Crippen LogP contribution is -2.67. The van der Waals surface area contributed by atoms with Crippen LogP contribution in [0.1, 0.15) is 87.0 Å². The van der Waals surface area contributed by atoms with Crippen molar-refractivity contribution in [1.82, 2.24) is 0 Å². The van der Waals surface area contributed by atoms with Gasteiger partial charge in [-0.25, -0.2) is 0 Å². The molecular weight excluding hydrogens is 600 g/mol. The van der Waals surface area contributed by atoms with Crippen LogP contribution in [-0.4, -0.2) is 34.7 Å². The third-order valence-corrected chi connectivity index (χ3v) is 18.7. The topological polar surface area (TPSA) is 18.5 Å². The molecule has 0 fully saturated rings. The standard InChI is InChI=1S/C36H57BrO2Si2/c1-31(22-15-11-10-12-20-29-38-40(8,9)35(2,3)4)30-32(23-21-28-37)39-41(36(5,6)7,33-24-16-13-17-25-33)34-26-18-14-19-27-34/h12-14,16-20,24-27,30,32H,10-11,15,21-23,28-29H2,1-9H3/b20-12+,31-30-. The van der Waals surface area contributed by atoms with E-state index in [0.717, 1.165) is 37.6 Å². The van der Waals surface area contributed by atoms with Crippen LogP contribution in [-0.2, 0) is 8.85 Å². The summed E-state index contributed by atoms with van der Waals surface area (Å²) >= 11 is 3.67. The third-order valence-electron chi connectivity index (χ3n) is 8.54. The van der Waals surface area contributed by atoms with Crippen LogP contribution in [0.5, 0.6) is 0 Å². The quantitative estimate of drug-likeness (QED) is 0.0774.